The highest BCUT2D eigenvalue weighted by molar-refractivity contribution is 7.22. The standard InChI is InChI=1S/C7H9BNP/c1-6-3-2-4-7(5-6)9(8)10/h2-5H,10H2,1H3. The van der Waals surface area contributed by atoms with Gasteiger partial charge < -0.3 is 4.58 Å². The van der Waals surface area contributed by atoms with Crippen molar-refractivity contribution in [3.8, 4) is 0 Å². The summed E-state index contributed by atoms with van der Waals surface area (Å²) in [6, 6.07) is 8.00. The number of hydrogen-bond donors (Lipinski definition) is 0. The van der Waals surface area contributed by atoms with Crippen molar-refractivity contribution in [3.63, 3.8) is 0 Å². The van der Waals surface area contributed by atoms with E-state index in [0.717, 1.165) is 5.69 Å². The van der Waals surface area contributed by atoms with Gasteiger partial charge in [0.15, 0.2) is 0 Å². The predicted octanol–water partition coefficient (Wildman–Crippen LogP) is 1.68. The molecule has 0 aliphatic heterocycles. The van der Waals surface area contributed by atoms with Gasteiger partial charge in [-0.25, -0.2) is 0 Å². The molecule has 50 valence electrons. The number of benzene rings is 1. The van der Waals surface area contributed by atoms with Gasteiger partial charge in [-0.1, -0.05) is 21.5 Å². The van der Waals surface area contributed by atoms with Crippen molar-refractivity contribution in [2.45, 2.75) is 6.92 Å². The molecule has 3 heteroatoms. The highest BCUT2D eigenvalue weighted by Crippen LogP contribution is 2.15. The topological polar surface area (TPSA) is 3.24 Å². The van der Waals surface area contributed by atoms with Crippen molar-refractivity contribution in [1.82, 2.24) is 0 Å². The lowest BCUT2D eigenvalue weighted by atomic mass is 10.2. The first kappa shape index (κ1) is 7.62. The van der Waals surface area contributed by atoms with Gasteiger partial charge in [-0.05, 0) is 24.6 Å². The normalized spacial score (nSPS) is 9.40. The third-order valence-corrected chi connectivity index (χ3v) is 1.60. The molecule has 0 aromatic heterocycles. The lowest BCUT2D eigenvalue weighted by Gasteiger charge is -2.12. The van der Waals surface area contributed by atoms with E-state index in [1.807, 2.05) is 31.2 Å². The average Bonchev–Trinajstić information content (AvgIpc) is 1.88. The number of anilines is 1. The summed E-state index contributed by atoms with van der Waals surface area (Å²) in [5.41, 5.74) is 2.22. The summed E-state index contributed by atoms with van der Waals surface area (Å²) < 4.78 is 1.52. The molecule has 0 saturated heterocycles. The van der Waals surface area contributed by atoms with Gasteiger partial charge in [-0.15, -0.1) is 0 Å². The van der Waals surface area contributed by atoms with Crippen molar-refractivity contribution < 1.29 is 0 Å². The SMILES string of the molecule is [B]N(P)c1cccc(C)c1. The second-order valence-corrected chi connectivity index (χ2v) is 2.80. The zero-order chi connectivity index (χ0) is 7.56. The van der Waals surface area contributed by atoms with E-state index in [0.29, 0.717) is 0 Å². The molecule has 2 radical (unpaired) electrons. The molecular formula is C7H9BNP. The summed E-state index contributed by atoms with van der Waals surface area (Å²) in [6.45, 7) is 2.04. The van der Waals surface area contributed by atoms with E-state index in [1.54, 1.807) is 0 Å². The Hall–Kier alpha value is -0.485. The van der Waals surface area contributed by atoms with Crippen LogP contribution in [0.1, 0.15) is 5.56 Å². The lowest BCUT2D eigenvalue weighted by molar-refractivity contribution is 1.45. The van der Waals surface area contributed by atoms with E-state index in [-0.39, 0.29) is 0 Å². The van der Waals surface area contributed by atoms with Gasteiger partial charge in [0.2, 0.25) is 7.98 Å². The summed E-state index contributed by atoms with van der Waals surface area (Å²) >= 11 is 0. The molecule has 0 N–H and O–H groups in total. The minimum Gasteiger partial charge on any atom is -0.410 e. The van der Waals surface area contributed by atoms with Crippen molar-refractivity contribution >= 4 is 23.1 Å². The smallest absolute Gasteiger partial charge is 0.231 e. The van der Waals surface area contributed by atoms with Gasteiger partial charge in [0.25, 0.3) is 0 Å². The molecule has 1 nitrogen and oxygen atoms in total. The van der Waals surface area contributed by atoms with Crippen molar-refractivity contribution in [2.75, 3.05) is 4.58 Å². The largest absolute Gasteiger partial charge is 0.410 e. The van der Waals surface area contributed by atoms with Crippen LogP contribution in [0.3, 0.4) is 0 Å². The Morgan fingerprint density at radius 2 is 2.20 bits per heavy atom. The summed E-state index contributed by atoms with van der Waals surface area (Å²) in [5, 5.41) is 0. The summed E-state index contributed by atoms with van der Waals surface area (Å²) in [5.74, 6) is 0. The maximum absolute atomic E-state index is 5.48. The monoisotopic (exact) mass is 149 g/mol. The second kappa shape index (κ2) is 3.07. The number of rotatable bonds is 1. The first-order valence-electron chi connectivity index (χ1n) is 3.06. The Morgan fingerprint density at radius 3 is 2.60 bits per heavy atom. The van der Waals surface area contributed by atoms with Crippen LogP contribution in [0.4, 0.5) is 5.69 Å². The molecule has 0 saturated carbocycles. The molecule has 0 heterocycles. The molecule has 0 fully saturated rings. The minimum absolute atomic E-state index is 1.00. The zero-order valence-corrected chi connectivity index (χ0v) is 7.07. The first-order valence-corrected chi connectivity index (χ1v) is 3.58. The average molecular weight is 149 g/mol. The third kappa shape index (κ3) is 1.75. The predicted molar refractivity (Wildman–Crippen MR) is 49.1 cm³/mol. The van der Waals surface area contributed by atoms with Crippen molar-refractivity contribution in [2.24, 2.45) is 0 Å². The zero-order valence-electron chi connectivity index (χ0n) is 5.91. The molecule has 0 aliphatic carbocycles. The summed E-state index contributed by atoms with van der Waals surface area (Å²) in [6.07, 6.45) is 0. The highest BCUT2D eigenvalue weighted by Gasteiger charge is 1.91. The second-order valence-electron chi connectivity index (χ2n) is 2.25. The van der Waals surface area contributed by atoms with E-state index >= 15 is 0 Å². The number of nitrogens with zero attached hydrogens (tertiary/aromatic N) is 1. The first-order chi connectivity index (χ1) is 4.70. The van der Waals surface area contributed by atoms with Gasteiger partial charge in [-0.3, -0.25) is 0 Å². The molecule has 0 bridgehead atoms. The van der Waals surface area contributed by atoms with Gasteiger partial charge >= 0.3 is 0 Å². The highest BCUT2D eigenvalue weighted by atomic mass is 31.0. The molecule has 0 spiro atoms. The molecule has 0 aliphatic rings. The maximum atomic E-state index is 5.48. The van der Waals surface area contributed by atoms with E-state index in [1.165, 1.54) is 10.1 Å². The fraction of sp³-hybridized carbons (Fsp3) is 0.143. The van der Waals surface area contributed by atoms with Crippen molar-refractivity contribution in [1.29, 1.82) is 0 Å². The molecule has 0 amide bonds. The Kier molecular flexibility index (Phi) is 2.34. The van der Waals surface area contributed by atoms with Crippen LogP contribution in [0.15, 0.2) is 24.3 Å². The van der Waals surface area contributed by atoms with Crippen molar-refractivity contribution in [3.05, 3.63) is 29.8 Å². The molecule has 1 rings (SSSR count). The van der Waals surface area contributed by atoms with Crippen LogP contribution < -0.4 is 4.58 Å². The summed E-state index contributed by atoms with van der Waals surface area (Å²) in [4.78, 5) is 0. The van der Waals surface area contributed by atoms with Gasteiger partial charge in [0, 0.05) is 5.69 Å². The number of hydrogen-bond acceptors (Lipinski definition) is 1. The Bertz CT molecular complexity index is 225. The minimum atomic E-state index is 1.00. The molecule has 1 atom stereocenters. The van der Waals surface area contributed by atoms with Gasteiger partial charge in [0.05, 0.1) is 0 Å². The molecule has 1 unspecified atom stereocenters. The third-order valence-electron chi connectivity index (χ3n) is 1.30. The van der Waals surface area contributed by atoms with E-state index < -0.39 is 0 Å². The van der Waals surface area contributed by atoms with Crippen LogP contribution in [0.25, 0.3) is 0 Å². The molecule has 1 aromatic carbocycles. The molecular weight excluding hydrogens is 140 g/mol. The van der Waals surface area contributed by atoms with Gasteiger partial charge in [-0.2, -0.15) is 0 Å². The van der Waals surface area contributed by atoms with Gasteiger partial charge in [0.1, 0.15) is 0 Å². The lowest BCUT2D eigenvalue weighted by Crippen LogP contribution is -2.01. The Balaban J connectivity index is 2.96. The van der Waals surface area contributed by atoms with E-state index in [9.17, 15) is 0 Å². The number of aryl methyl sites for hydroxylation is 1. The van der Waals surface area contributed by atoms with E-state index in [4.69, 9.17) is 7.98 Å². The maximum Gasteiger partial charge on any atom is 0.231 e. The quantitative estimate of drug-likeness (QED) is 0.433. The Morgan fingerprint density at radius 1 is 1.50 bits per heavy atom. The van der Waals surface area contributed by atoms with Crippen LogP contribution >= 0.6 is 9.39 Å². The van der Waals surface area contributed by atoms with E-state index in [2.05, 4.69) is 9.39 Å². The molecule has 10 heavy (non-hydrogen) atoms. The fourth-order valence-corrected chi connectivity index (χ4v) is 0.949. The van der Waals surface area contributed by atoms with Crippen LogP contribution in [0.2, 0.25) is 0 Å². The fourth-order valence-electron chi connectivity index (χ4n) is 0.789. The molecule has 1 aromatic rings. The van der Waals surface area contributed by atoms with Crippen LogP contribution in [-0.2, 0) is 0 Å². The Labute approximate surface area is 65.1 Å². The summed E-state index contributed by atoms with van der Waals surface area (Å²) in [7, 11) is 7.88. The van der Waals surface area contributed by atoms with Crippen LogP contribution in [0, 0.1) is 6.92 Å². The van der Waals surface area contributed by atoms with Crippen LogP contribution in [-0.4, -0.2) is 7.98 Å². The van der Waals surface area contributed by atoms with Crippen LogP contribution in [0.5, 0.6) is 0 Å².